The number of anilines is 1. The van der Waals surface area contributed by atoms with Crippen molar-refractivity contribution in [3.63, 3.8) is 0 Å². The van der Waals surface area contributed by atoms with Crippen LogP contribution in [0.15, 0.2) is 54.6 Å². The number of rotatable bonds is 2. The Morgan fingerprint density at radius 3 is 2.04 bits per heavy atom. The fourth-order valence-corrected chi connectivity index (χ4v) is 1.54. The van der Waals surface area contributed by atoms with E-state index < -0.39 is 5.60 Å². The maximum absolute atomic E-state index is 11.7. The standard InChI is InChI=1S/C12H16O3.C6H7N.H2S/c1-12(2,3)15-11(13)9-6-5-7-10(8-9)14-4;7-6-4-2-1-3-5-6;/h5-8H,1-4H3;1-5H,7H2;1H2. The van der Waals surface area contributed by atoms with E-state index in [2.05, 4.69) is 0 Å². The lowest BCUT2D eigenvalue weighted by atomic mass is 10.1. The summed E-state index contributed by atoms with van der Waals surface area (Å²) in [4.78, 5) is 11.7. The normalized spacial score (nSPS) is 9.74. The molecular formula is C18H25NO3S. The Kier molecular flexibility index (Phi) is 8.88. The summed E-state index contributed by atoms with van der Waals surface area (Å²) in [5, 5.41) is 0. The molecule has 2 N–H and O–H groups in total. The zero-order chi connectivity index (χ0) is 16.6. The van der Waals surface area contributed by atoms with Crippen molar-refractivity contribution in [3.8, 4) is 5.75 Å². The second-order valence-corrected chi connectivity index (χ2v) is 5.64. The van der Waals surface area contributed by atoms with Crippen LogP contribution in [0, 0.1) is 0 Å². The molecule has 2 aromatic carbocycles. The highest BCUT2D eigenvalue weighted by Crippen LogP contribution is 2.16. The summed E-state index contributed by atoms with van der Waals surface area (Å²) < 4.78 is 10.3. The fourth-order valence-electron chi connectivity index (χ4n) is 1.54. The van der Waals surface area contributed by atoms with Gasteiger partial charge in [0.25, 0.3) is 0 Å². The Morgan fingerprint density at radius 2 is 1.61 bits per heavy atom. The van der Waals surface area contributed by atoms with Crippen molar-refractivity contribution in [1.82, 2.24) is 0 Å². The molecule has 0 aliphatic heterocycles. The first-order valence-corrected chi connectivity index (χ1v) is 7.00. The van der Waals surface area contributed by atoms with Crippen LogP contribution in [0.5, 0.6) is 5.75 Å². The van der Waals surface area contributed by atoms with Crippen LogP contribution in [0.2, 0.25) is 0 Å². The molecule has 0 aliphatic rings. The van der Waals surface area contributed by atoms with Crippen LogP contribution in [0.1, 0.15) is 31.1 Å². The van der Waals surface area contributed by atoms with Crippen molar-refractivity contribution >= 4 is 25.2 Å². The Bertz CT molecular complexity index is 595. The number of para-hydroxylation sites is 1. The lowest BCUT2D eigenvalue weighted by molar-refractivity contribution is 0.00692. The van der Waals surface area contributed by atoms with Crippen molar-refractivity contribution in [3.05, 3.63) is 60.2 Å². The zero-order valence-electron chi connectivity index (χ0n) is 14.0. The van der Waals surface area contributed by atoms with Gasteiger partial charge in [-0.2, -0.15) is 13.5 Å². The zero-order valence-corrected chi connectivity index (χ0v) is 15.0. The number of nitrogen functional groups attached to an aromatic ring is 1. The van der Waals surface area contributed by atoms with Gasteiger partial charge in [0.15, 0.2) is 0 Å². The molecule has 126 valence electrons. The number of hydrogen-bond donors (Lipinski definition) is 1. The minimum Gasteiger partial charge on any atom is -0.497 e. The van der Waals surface area contributed by atoms with E-state index in [1.54, 1.807) is 31.4 Å². The smallest absolute Gasteiger partial charge is 0.338 e. The summed E-state index contributed by atoms with van der Waals surface area (Å²) >= 11 is 0. The Morgan fingerprint density at radius 1 is 1.00 bits per heavy atom. The van der Waals surface area contributed by atoms with Gasteiger partial charge < -0.3 is 15.2 Å². The Balaban J connectivity index is 0.000000509. The van der Waals surface area contributed by atoms with E-state index in [9.17, 15) is 4.79 Å². The molecule has 0 saturated heterocycles. The summed E-state index contributed by atoms with van der Waals surface area (Å²) in [5.41, 5.74) is 6.21. The monoisotopic (exact) mass is 335 g/mol. The van der Waals surface area contributed by atoms with Crippen LogP contribution in [0.4, 0.5) is 5.69 Å². The third-order valence-electron chi connectivity index (χ3n) is 2.50. The lowest BCUT2D eigenvalue weighted by Gasteiger charge is -2.19. The number of carbonyl (C=O) groups is 1. The molecule has 0 heterocycles. The summed E-state index contributed by atoms with van der Waals surface area (Å²) in [5.74, 6) is 0.319. The van der Waals surface area contributed by atoms with Gasteiger partial charge in [-0.3, -0.25) is 0 Å². The van der Waals surface area contributed by atoms with Gasteiger partial charge in [0.1, 0.15) is 11.4 Å². The first kappa shape index (κ1) is 20.9. The third kappa shape index (κ3) is 8.78. The summed E-state index contributed by atoms with van der Waals surface area (Å²) in [7, 11) is 1.56. The highest BCUT2D eigenvalue weighted by molar-refractivity contribution is 7.59. The van der Waals surface area contributed by atoms with Gasteiger partial charge in [0, 0.05) is 5.69 Å². The molecule has 2 rings (SSSR count). The Hall–Kier alpha value is -2.14. The first-order chi connectivity index (χ1) is 10.3. The quantitative estimate of drug-likeness (QED) is 0.665. The third-order valence-corrected chi connectivity index (χ3v) is 2.50. The van der Waals surface area contributed by atoms with Crippen LogP contribution < -0.4 is 10.5 Å². The number of carbonyl (C=O) groups excluding carboxylic acids is 1. The highest BCUT2D eigenvalue weighted by atomic mass is 32.1. The van der Waals surface area contributed by atoms with Gasteiger partial charge in [0.2, 0.25) is 0 Å². The van der Waals surface area contributed by atoms with Crippen LogP contribution in [-0.4, -0.2) is 18.7 Å². The van der Waals surface area contributed by atoms with Gasteiger partial charge >= 0.3 is 5.97 Å². The number of hydrogen-bond acceptors (Lipinski definition) is 4. The predicted molar refractivity (Wildman–Crippen MR) is 99.4 cm³/mol. The Labute approximate surface area is 145 Å². The molecule has 0 unspecified atom stereocenters. The molecule has 0 aromatic heterocycles. The number of esters is 1. The molecule has 4 nitrogen and oxygen atoms in total. The topological polar surface area (TPSA) is 61.5 Å². The van der Waals surface area contributed by atoms with Crippen LogP contribution in [0.25, 0.3) is 0 Å². The molecule has 0 bridgehead atoms. The van der Waals surface area contributed by atoms with Gasteiger partial charge in [0.05, 0.1) is 12.7 Å². The van der Waals surface area contributed by atoms with Gasteiger partial charge in [-0.25, -0.2) is 4.79 Å². The first-order valence-electron chi connectivity index (χ1n) is 7.00. The SMILES string of the molecule is COc1cccc(C(=O)OC(C)(C)C)c1.Nc1ccccc1.S. The van der Waals surface area contributed by atoms with Crippen molar-refractivity contribution in [2.24, 2.45) is 0 Å². The molecule has 0 amide bonds. The van der Waals surface area contributed by atoms with E-state index in [0.717, 1.165) is 5.69 Å². The maximum atomic E-state index is 11.7. The van der Waals surface area contributed by atoms with Gasteiger partial charge in [-0.1, -0.05) is 24.3 Å². The van der Waals surface area contributed by atoms with Gasteiger partial charge in [-0.05, 0) is 51.1 Å². The molecule has 2 aromatic rings. The van der Waals surface area contributed by atoms with Gasteiger partial charge in [-0.15, -0.1) is 0 Å². The molecule has 0 aliphatic carbocycles. The minimum atomic E-state index is -0.472. The summed E-state index contributed by atoms with van der Waals surface area (Å²) in [6.45, 7) is 5.52. The predicted octanol–water partition coefficient (Wildman–Crippen LogP) is 4.03. The number of nitrogens with two attached hydrogens (primary N) is 1. The molecule has 0 fully saturated rings. The number of ether oxygens (including phenoxy) is 2. The van der Waals surface area contributed by atoms with Crippen LogP contribution in [0.3, 0.4) is 0 Å². The number of benzene rings is 2. The molecule has 0 atom stereocenters. The molecule has 0 radical (unpaired) electrons. The summed E-state index contributed by atoms with van der Waals surface area (Å²) in [6.07, 6.45) is 0. The molecular weight excluding hydrogens is 310 g/mol. The minimum absolute atomic E-state index is 0. The van der Waals surface area contributed by atoms with E-state index in [0.29, 0.717) is 11.3 Å². The van der Waals surface area contributed by atoms with Crippen molar-refractivity contribution in [2.45, 2.75) is 26.4 Å². The lowest BCUT2D eigenvalue weighted by Crippen LogP contribution is -2.23. The average Bonchev–Trinajstić information content (AvgIpc) is 2.47. The van der Waals surface area contributed by atoms with Crippen molar-refractivity contribution in [1.29, 1.82) is 0 Å². The van der Waals surface area contributed by atoms with Crippen molar-refractivity contribution < 1.29 is 14.3 Å². The second kappa shape index (κ2) is 9.79. The van der Waals surface area contributed by atoms with E-state index in [1.165, 1.54) is 0 Å². The molecule has 5 heteroatoms. The summed E-state index contributed by atoms with van der Waals surface area (Å²) in [6, 6.07) is 16.4. The van der Waals surface area contributed by atoms with Crippen LogP contribution >= 0.6 is 13.5 Å². The van der Waals surface area contributed by atoms with E-state index in [1.807, 2.05) is 51.1 Å². The number of methoxy groups -OCH3 is 1. The molecule has 0 spiro atoms. The average molecular weight is 335 g/mol. The molecule has 23 heavy (non-hydrogen) atoms. The highest BCUT2D eigenvalue weighted by Gasteiger charge is 2.17. The fraction of sp³-hybridized carbons (Fsp3) is 0.278. The maximum Gasteiger partial charge on any atom is 0.338 e. The largest absolute Gasteiger partial charge is 0.497 e. The second-order valence-electron chi connectivity index (χ2n) is 5.64. The molecule has 0 saturated carbocycles. The van der Waals surface area contributed by atoms with Crippen LogP contribution in [-0.2, 0) is 4.74 Å². The van der Waals surface area contributed by atoms with E-state index in [-0.39, 0.29) is 19.5 Å². The van der Waals surface area contributed by atoms with E-state index >= 15 is 0 Å². The van der Waals surface area contributed by atoms with E-state index in [4.69, 9.17) is 15.2 Å². The van der Waals surface area contributed by atoms with Crippen molar-refractivity contribution in [2.75, 3.05) is 12.8 Å².